The Hall–Kier alpha value is -1.88. The largest absolute Gasteiger partial charge is 0.464 e. The number of amides is 1. The molecule has 1 N–H and O–H groups in total. The normalized spacial score (nSPS) is 29.4. The first-order valence-electron chi connectivity index (χ1n) is 9.27. The van der Waals surface area contributed by atoms with Crippen LogP contribution in [0.2, 0.25) is 0 Å². The van der Waals surface area contributed by atoms with E-state index in [1.807, 2.05) is 4.90 Å². The Morgan fingerprint density at radius 1 is 1.24 bits per heavy atom. The van der Waals surface area contributed by atoms with E-state index in [9.17, 15) is 14.7 Å². The number of aryl methyl sites for hydroxylation is 1. The van der Waals surface area contributed by atoms with E-state index in [1.165, 1.54) is 11.1 Å². The van der Waals surface area contributed by atoms with Crippen LogP contribution in [0, 0.1) is 5.92 Å². The van der Waals surface area contributed by atoms with Crippen molar-refractivity contribution in [2.24, 2.45) is 5.92 Å². The zero-order valence-electron chi connectivity index (χ0n) is 14.7. The van der Waals surface area contributed by atoms with Crippen LogP contribution in [-0.4, -0.2) is 47.2 Å². The van der Waals surface area contributed by atoms with Gasteiger partial charge in [0.1, 0.15) is 0 Å². The maximum absolute atomic E-state index is 13.0. The molecule has 0 unspecified atom stereocenters. The van der Waals surface area contributed by atoms with Crippen LogP contribution in [0.3, 0.4) is 0 Å². The lowest BCUT2D eigenvalue weighted by Crippen LogP contribution is -2.52. The molecular weight excluding hydrogens is 318 g/mol. The van der Waals surface area contributed by atoms with E-state index < -0.39 is 11.6 Å². The molecule has 2 fully saturated rings. The third-order valence-electron chi connectivity index (χ3n) is 6.33. The standard InChI is InChI=1S/C20H25NO4/c1-2-25-18(23)20(24)9-11-21(12-10-20)17(22)16-13-19(16)8-7-14-5-3-4-6-15(14)19/h3-6,16,24H,2,7-13H2,1H3/t16-,19+/m0/s1. The van der Waals surface area contributed by atoms with Gasteiger partial charge in [0.05, 0.1) is 6.61 Å². The first kappa shape index (κ1) is 16.6. The Balaban J connectivity index is 1.41. The predicted octanol–water partition coefficient (Wildman–Crippen LogP) is 1.81. The van der Waals surface area contributed by atoms with Crippen LogP contribution in [-0.2, 0) is 26.2 Å². The highest BCUT2D eigenvalue weighted by Gasteiger charge is 2.62. The number of likely N-dealkylation sites (tertiary alicyclic amines) is 1. The Labute approximate surface area is 148 Å². The van der Waals surface area contributed by atoms with E-state index in [2.05, 4.69) is 24.3 Å². The van der Waals surface area contributed by atoms with E-state index in [0.717, 1.165) is 19.3 Å². The van der Waals surface area contributed by atoms with Crippen molar-refractivity contribution in [1.29, 1.82) is 0 Å². The molecule has 1 aliphatic heterocycles. The average molecular weight is 343 g/mol. The molecule has 1 aromatic rings. The number of nitrogens with zero attached hydrogens (tertiary/aromatic N) is 1. The summed E-state index contributed by atoms with van der Waals surface area (Å²) in [6, 6.07) is 8.47. The lowest BCUT2D eigenvalue weighted by atomic mass is 9.90. The Morgan fingerprint density at radius 2 is 1.96 bits per heavy atom. The number of carbonyl (C=O) groups excluding carboxylic acids is 2. The summed E-state index contributed by atoms with van der Waals surface area (Å²) in [4.78, 5) is 26.7. The number of piperidine rings is 1. The van der Waals surface area contributed by atoms with Crippen molar-refractivity contribution >= 4 is 11.9 Å². The van der Waals surface area contributed by atoms with Gasteiger partial charge in [-0.1, -0.05) is 24.3 Å². The second-order valence-corrected chi connectivity index (χ2v) is 7.65. The van der Waals surface area contributed by atoms with Gasteiger partial charge < -0.3 is 14.7 Å². The summed E-state index contributed by atoms with van der Waals surface area (Å²) in [5.41, 5.74) is 1.35. The summed E-state index contributed by atoms with van der Waals surface area (Å²) >= 11 is 0. The molecule has 1 spiro atoms. The molecule has 0 aromatic heterocycles. The monoisotopic (exact) mass is 343 g/mol. The first-order valence-corrected chi connectivity index (χ1v) is 9.27. The predicted molar refractivity (Wildman–Crippen MR) is 91.9 cm³/mol. The fourth-order valence-corrected chi connectivity index (χ4v) is 4.71. The molecule has 2 aliphatic carbocycles. The van der Waals surface area contributed by atoms with Gasteiger partial charge in [0, 0.05) is 37.3 Å². The van der Waals surface area contributed by atoms with Gasteiger partial charge >= 0.3 is 5.97 Å². The van der Waals surface area contributed by atoms with Gasteiger partial charge in [0.25, 0.3) is 0 Å². The van der Waals surface area contributed by atoms with Crippen molar-refractivity contribution < 1.29 is 19.4 Å². The summed E-state index contributed by atoms with van der Waals surface area (Å²) in [7, 11) is 0. The molecule has 5 heteroatoms. The van der Waals surface area contributed by atoms with E-state index in [-0.39, 0.29) is 36.7 Å². The number of hydrogen-bond donors (Lipinski definition) is 1. The van der Waals surface area contributed by atoms with E-state index >= 15 is 0 Å². The number of ether oxygens (including phenoxy) is 1. The SMILES string of the molecule is CCOC(=O)C1(O)CCN(C(=O)[C@@H]2C[C@@]23CCc2ccccc23)CC1. The van der Waals surface area contributed by atoms with Crippen LogP contribution in [0.15, 0.2) is 24.3 Å². The second kappa shape index (κ2) is 5.84. The fraction of sp³-hybridized carbons (Fsp3) is 0.600. The van der Waals surface area contributed by atoms with Crippen LogP contribution < -0.4 is 0 Å². The maximum atomic E-state index is 13.0. The van der Waals surface area contributed by atoms with Gasteiger partial charge in [0.15, 0.2) is 5.60 Å². The number of hydrogen-bond acceptors (Lipinski definition) is 4. The highest BCUT2D eigenvalue weighted by molar-refractivity contribution is 5.86. The average Bonchev–Trinajstić information content (AvgIpc) is 3.24. The topological polar surface area (TPSA) is 66.8 Å². The van der Waals surface area contributed by atoms with Gasteiger partial charge in [-0.05, 0) is 37.3 Å². The molecule has 1 amide bonds. The molecule has 1 saturated carbocycles. The van der Waals surface area contributed by atoms with Crippen molar-refractivity contribution in [3.63, 3.8) is 0 Å². The van der Waals surface area contributed by atoms with Gasteiger partial charge in [-0.3, -0.25) is 4.79 Å². The van der Waals surface area contributed by atoms with Crippen molar-refractivity contribution in [1.82, 2.24) is 4.90 Å². The van der Waals surface area contributed by atoms with Gasteiger partial charge in [-0.15, -0.1) is 0 Å². The Bertz CT molecular complexity index is 707. The smallest absolute Gasteiger partial charge is 0.338 e. The molecule has 0 radical (unpaired) electrons. The lowest BCUT2D eigenvalue weighted by Gasteiger charge is -2.36. The summed E-state index contributed by atoms with van der Waals surface area (Å²) in [6.07, 6.45) is 3.56. The fourth-order valence-electron chi connectivity index (χ4n) is 4.71. The number of aliphatic hydroxyl groups is 1. The first-order chi connectivity index (χ1) is 12.0. The van der Waals surface area contributed by atoms with Crippen LogP contribution in [0.25, 0.3) is 0 Å². The molecule has 25 heavy (non-hydrogen) atoms. The number of rotatable bonds is 3. The molecule has 134 valence electrons. The Morgan fingerprint density at radius 3 is 2.68 bits per heavy atom. The summed E-state index contributed by atoms with van der Waals surface area (Å²) in [5, 5.41) is 10.4. The molecule has 2 atom stereocenters. The van der Waals surface area contributed by atoms with E-state index in [4.69, 9.17) is 4.74 Å². The highest BCUT2D eigenvalue weighted by atomic mass is 16.5. The number of carbonyl (C=O) groups is 2. The van der Waals surface area contributed by atoms with Crippen LogP contribution in [0.4, 0.5) is 0 Å². The third-order valence-corrected chi connectivity index (χ3v) is 6.33. The molecule has 1 aromatic carbocycles. The Kier molecular flexibility index (Phi) is 3.87. The van der Waals surface area contributed by atoms with Crippen LogP contribution in [0.1, 0.15) is 43.7 Å². The van der Waals surface area contributed by atoms with Gasteiger partial charge in [0.2, 0.25) is 5.91 Å². The van der Waals surface area contributed by atoms with Crippen molar-refractivity contribution in [2.45, 2.75) is 50.0 Å². The molecule has 4 rings (SSSR count). The minimum atomic E-state index is -1.44. The van der Waals surface area contributed by atoms with Crippen molar-refractivity contribution in [2.75, 3.05) is 19.7 Å². The molecule has 1 saturated heterocycles. The van der Waals surface area contributed by atoms with E-state index in [0.29, 0.717) is 13.1 Å². The minimum absolute atomic E-state index is 0.0442. The molecule has 3 aliphatic rings. The quantitative estimate of drug-likeness (QED) is 0.850. The van der Waals surface area contributed by atoms with Crippen molar-refractivity contribution in [3.05, 3.63) is 35.4 Å². The number of benzene rings is 1. The van der Waals surface area contributed by atoms with Gasteiger partial charge in [-0.25, -0.2) is 4.79 Å². The summed E-state index contributed by atoms with van der Waals surface area (Å²) < 4.78 is 4.96. The van der Waals surface area contributed by atoms with Gasteiger partial charge in [-0.2, -0.15) is 0 Å². The lowest BCUT2D eigenvalue weighted by molar-refractivity contribution is -0.171. The molecule has 0 bridgehead atoms. The number of esters is 1. The van der Waals surface area contributed by atoms with Crippen LogP contribution >= 0.6 is 0 Å². The summed E-state index contributed by atoms with van der Waals surface area (Å²) in [6.45, 7) is 2.82. The number of fused-ring (bicyclic) bond motifs is 2. The highest BCUT2D eigenvalue weighted by Crippen LogP contribution is 2.62. The zero-order valence-corrected chi connectivity index (χ0v) is 14.7. The molecule has 1 heterocycles. The zero-order chi connectivity index (χ0) is 17.7. The summed E-state index contributed by atoms with van der Waals surface area (Å²) in [5.74, 6) is -0.317. The maximum Gasteiger partial charge on any atom is 0.338 e. The molecule has 5 nitrogen and oxygen atoms in total. The second-order valence-electron chi connectivity index (χ2n) is 7.65. The molecular formula is C20H25NO4. The van der Waals surface area contributed by atoms with Crippen molar-refractivity contribution in [3.8, 4) is 0 Å². The van der Waals surface area contributed by atoms with E-state index in [1.54, 1.807) is 6.92 Å². The third kappa shape index (κ3) is 2.56. The minimum Gasteiger partial charge on any atom is -0.464 e. The van der Waals surface area contributed by atoms with Crippen LogP contribution in [0.5, 0.6) is 0 Å².